The summed E-state index contributed by atoms with van der Waals surface area (Å²) in [6.07, 6.45) is 0. The highest BCUT2D eigenvalue weighted by atomic mass is 32.1. The average molecular weight is 331 g/mol. The third-order valence-corrected chi connectivity index (χ3v) is 3.78. The van der Waals surface area contributed by atoms with Crippen molar-refractivity contribution in [2.24, 2.45) is 0 Å². The SMILES string of the molecule is CCNC(=O)CNC(=O)c1cccc(NC(=O)c2cccs2)c1. The van der Waals surface area contributed by atoms with Crippen molar-refractivity contribution in [3.8, 4) is 0 Å². The summed E-state index contributed by atoms with van der Waals surface area (Å²) in [6.45, 7) is 2.23. The molecular formula is C16H17N3O3S. The van der Waals surface area contributed by atoms with Crippen molar-refractivity contribution in [1.82, 2.24) is 10.6 Å². The molecule has 1 heterocycles. The Balaban J connectivity index is 1.97. The highest BCUT2D eigenvalue weighted by Gasteiger charge is 2.10. The Kier molecular flexibility index (Phi) is 5.87. The number of hydrogen-bond donors (Lipinski definition) is 3. The van der Waals surface area contributed by atoms with Crippen LogP contribution >= 0.6 is 11.3 Å². The Morgan fingerprint density at radius 2 is 1.87 bits per heavy atom. The Morgan fingerprint density at radius 1 is 1.04 bits per heavy atom. The van der Waals surface area contributed by atoms with Crippen LogP contribution < -0.4 is 16.0 Å². The van der Waals surface area contributed by atoms with Gasteiger partial charge < -0.3 is 16.0 Å². The lowest BCUT2D eigenvalue weighted by Crippen LogP contribution is -2.36. The molecule has 0 fully saturated rings. The number of hydrogen-bond acceptors (Lipinski definition) is 4. The quantitative estimate of drug-likeness (QED) is 0.755. The summed E-state index contributed by atoms with van der Waals surface area (Å²) in [5.74, 6) is -0.841. The van der Waals surface area contributed by atoms with E-state index in [1.165, 1.54) is 11.3 Å². The molecule has 2 rings (SSSR count). The van der Waals surface area contributed by atoms with E-state index in [4.69, 9.17) is 0 Å². The van der Waals surface area contributed by atoms with Crippen LogP contribution in [0.3, 0.4) is 0 Å². The van der Waals surface area contributed by atoms with E-state index in [1.807, 2.05) is 5.38 Å². The normalized spacial score (nSPS) is 9.96. The van der Waals surface area contributed by atoms with E-state index in [2.05, 4.69) is 16.0 Å². The van der Waals surface area contributed by atoms with E-state index in [1.54, 1.807) is 43.3 Å². The molecule has 0 unspecified atom stereocenters. The number of nitrogens with one attached hydrogen (secondary N) is 3. The van der Waals surface area contributed by atoms with E-state index < -0.39 is 0 Å². The van der Waals surface area contributed by atoms with Crippen LogP contribution in [0.5, 0.6) is 0 Å². The molecule has 6 nitrogen and oxygen atoms in total. The molecule has 0 saturated heterocycles. The second-order valence-electron chi connectivity index (χ2n) is 4.65. The number of likely N-dealkylation sites (N-methyl/N-ethyl adjacent to an activating group) is 1. The molecule has 7 heteroatoms. The van der Waals surface area contributed by atoms with E-state index >= 15 is 0 Å². The summed E-state index contributed by atoms with van der Waals surface area (Å²) < 4.78 is 0. The molecule has 23 heavy (non-hydrogen) atoms. The number of rotatable bonds is 6. The summed E-state index contributed by atoms with van der Waals surface area (Å²) in [7, 11) is 0. The zero-order valence-corrected chi connectivity index (χ0v) is 13.4. The van der Waals surface area contributed by atoms with Crippen molar-refractivity contribution in [2.75, 3.05) is 18.4 Å². The summed E-state index contributed by atoms with van der Waals surface area (Å²) in [5.41, 5.74) is 0.896. The largest absolute Gasteiger partial charge is 0.355 e. The lowest BCUT2D eigenvalue weighted by molar-refractivity contribution is -0.120. The highest BCUT2D eigenvalue weighted by molar-refractivity contribution is 7.12. The van der Waals surface area contributed by atoms with Crippen molar-refractivity contribution < 1.29 is 14.4 Å². The van der Waals surface area contributed by atoms with Crippen LogP contribution in [0.25, 0.3) is 0 Å². The lowest BCUT2D eigenvalue weighted by atomic mass is 10.2. The highest BCUT2D eigenvalue weighted by Crippen LogP contribution is 2.14. The molecule has 2 aromatic rings. The first kappa shape index (κ1) is 16.7. The Labute approximate surface area is 137 Å². The van der Waals surface area contributed by atoms with Gasteiger partial charge in [-0.25, -0.2) is 0 Å². The smallest absolute Gasteiger partial charge is 0.265 e. The molecule has 0 bridgehead atoms. The molecule has 0 saturated carbocycles. The zero-order chi connectivity index (χ0) is 16.7. The minimum atomic E-state index is -0.372. The van der Waals surface area contributed by atoms with Crippen molar-refractivity contribution >= 4 is 34.7 Å². The fraction of sp³-hybridized carbons (Fsp3) is 0.188. The van der Waals surface area contributed by atoms with Crippen molar-refractivity contribution in [2.45, 2.75) is 6.92 Å². The van der Waals surface area contributed by atoms with Gasteiger partial charge in [0.2, 0.25) is 5.91 Å². The molecule has 0 aliphatic heterocycles. The number of benzene rings is 1. The number of carbonyl (C=O) groups is 3. The lowest BCUT2D eigenvalue weighted by Gasteiger charge is -2.08. The molecule has 3 amide bonds. The predicted molar refractivity (Wildman–Crippen MR) is 89.7 cm³/mol. The molecule has 120 valence electrons. The van der Waals surface area contributed by atoms with Crippen LogP contribution in [0.1, 0.15) is 27.0 Å². The van der Waals surface area contributed by atoms with Gasteiger partial charge in [0.15, 0.2) is 0 Å². The molecule has 0 aliphatic rings. The van der Waals surface area contributed by atoms with Gasteiger partial charge in [-0.3, -0.25) is 14.4 Å². The maximum atomic E-state index is 12.0. The first-order valence-electron chi connectivity index (χ1n) is 7.10. The Hall–Kier alpha value is -2.67. The monoisotopic (exact) mass is 331 g/mol. The van der Waals surface area contributed by atoms with Crippen LogP contribution in [0.15, 0.2) is 41.8 Å². The molecule has 0 aliphatic carbocycles. The van der Waals surface area contributed by atoms with E-state index in [-0.39, 0.29) is 24.3 Å². The third kappa shape index (κ3) is 4.93. The van der Waals surface area contributed by atoms with E-state index in [9.17, 15) is 14.4 Å². The number of thiophene rings is 1. The summed E-state index contributed by atoms with van der Waals surface area (Å²) in [6, 6.07) is 10.1. The molecule has 1 aromatic heterocycles. The fourth-order valence-corrected chi connectivity index (χ4v) is 2.48. The minimum Gasteiger partial charge on any atom is -0.355 e. The van der Waals surface area contributed by atoms with Gasteiger partial charge in [0.25, 0.3) is 11.8 Å². The number of carbonyl (C=O) groups excluding carboxylic acids is 3. The summed E-state index contributed by atoms with van der Waals surface area (Å²) >= 11 is 1.34. The maximum absolute atomic E-state index is 12.0. The summed E-state index contributed by atoms with van der Waals surface area (Å²) in [4.78, 5) is 35.9. The maximum Gasteiger partial charge on any atom is 0.265 e. The van der Waals surface area contributed by atoms with E-state index in [0.29, 0.717) is 22.7 Å². The van der Waals surface area contributed by atoms with Gasteiger partial charge >= 0.3 is 0 Å². The van der Waals surface area contributed by atoms with Gasteiger partial charge in [-0.2, -0.15) is 0 Å². The second-order valence-corrected chi connectivity index (χ2v) is 5.60. The zero-order valence-electron chi connectivity index (χ0n) is 12.6. The first-order chi connectivity index (χ1) is 11.1. The van der Waals surface area contributed by atoms with Crippen LogP contribution in [0.4, 0.5) is 5.69 Å². The molecule has 1 aromatic carbocycles. The molecule has 0 spiro atoms. The Bertz CT molecular complexity index is 698. The van der Waals surface area contributed by atoms with Gasteiger partial charge in [0.1, 0.15) is 0 Å². The molecule has 3 N–H and O–H groups in total. The van der Waals surface area contributed by atoms with Crippen LogP contribution in [0, 0.1) is 0 Å². The molecular weight excluding hydrogens is 314 g/mol. The van der Waals surface area contributed by atoms with Crippen molar-refractivity contribution in [1.29, 1.82) is 0 Å². The van der Waals surface area contributed by atoms with Gasteiger partial charge in [0.05, 0.1) is 11.4 Å². The van der Waals surface area contributed by atoms with Gasteiger partial charge in [-0.15, -0.1) is 11.3 Å². The second kappa shape index (κ2) is 8.09. The van der Waals surface area contributed by atoms with Crippen LogP contribution in [-0.4, -0.2) is 30.8 Å². The topological polar surface area (TPSA) is 87.3 Å². The third-order valence-electron chi connectivity index (χ3n) is 2.91. The predicted octanol–water partition coefficient (Wildman–Crippen LogP) is 1.87. The van der Waals surface area contributed by atoms with Crippen molar-refractivity contribution in [3.05, 3.63) is 52.2 Å². The van der Waals surface area contributed by atoms with Crippen LogP contribution in [0.2, 0.25) is 0 Å². The molecule has 0 atom stereocenters. The average Bonchev–Trinajstić information content (AvgIpc) is 3.08. The first-order valence-corrected chi connectivity index (χ1v) is 7.98. The van der Waals surface area contributed by atoms with Crippen LogP contribution in [-0.2, 0) is 4.79 Å². The van der Waals surface area contributed by atoms with E-state index in [0.717, 1.165) is 0 Å². The van der Waals surface area contributed by atoms with Gasteiger partial charge in [-0.05, 0) is 36.6 Å². The van der Waals surface area contributed by atoms with Crippen molar-refractivity contribution in [3.63, 3.8) is 0 Å². The van der Waals surface area contributed by atoms with Gasteiger partial charge in [0, 0.05) is 17.8 Å². The van der Waals surface area contributed by atoms with Gasteiger partial charge in [-0.1, -0.05) is 12.1 Å². The standard InChI is InChI=1S/C16H17N3O3S/c1-2-17-14(20)10-18-15(21)11-5-3-6-12(9-11)19-16(22)13-7-4-8-23-13/h3-9H,2,10H2,1H3,(H,17,20)(H,18,21)(H,19,22). The number of anilines is 1. The minimum absolute atomic E-state index is 0.0849. The summed E-state index contributed by atoms with van der Waals surface area (Å²) in [5, 5.41) is 9.68. The fourth-order valence-electron chi connectivity index (χ4n) is 1.86. The number of amides is 3. The molecule has 0 radical (unpaired) electrons. The Morgan fingerprint density at radius 3 is 2.57 bits per heavy atom.